The zero-order chi connectivity index (χ0) is 15.9. The van der Waals surface area contributed by atoms with Crippen LogP contribution in [0.15, 0.2) is 29.4 Å². The van der Waals surface area contributed by atoms with Crippen molar-refractivity contribution in [1.82, 2.24) is 9.97 Å². The summed E-state index contributed by atoms with van der Waals surface area (Å²) in [6, 6.07) is 10.5. The molecular weight excluding hydrogens is 292 g/mol. The van der Waals surface area contributed by atoms with Crippen LogP contribution in [0, 0.1) is 18.3 Å². The van der Waals surface area contributed by atoms with Crippen LogP contribution in [0.3, 0.4) is 0 Å². The van der Waals surface area contributed by atoms with Gasteiger partial charge in [0, 0.05) is 5.75 Å². The fourth-order valence-corrected chi connectivity index (χ4v) is 2.87. The van der Waals surface area contributed by atoms with E-state index in [0.717, 1.165) is 30.7 Å². The number of anilines is 1. The third-order valence-electron chi connectivity index (χ3n) is 3.36. The second-order valence-corrected chi connectivity index (χ2v) is 6.15. The third kappa shape index (κ3) is 4.22. The molecule has 0 aliphatic heterocycles. The molecular formula is C17H20N4S. The lowest BCUT2D eigenvalue weighted by Gasteiger charge is -2.08. The molecule has 0 saturated heterocycles. The van der Waals surface area contributed by atoms with Crippen LogP contribution in [0.5, 0.6) is 0 Å². The summed E-state index contributed by atoms with van der Waals surface area (Å²) >= 11 is 1.55. The minimum Gasteiger partial charge on any atom is -0.382 e. The lowest BCUT2D eigenvalue weighted by molar-refractivity contribution is 0.755. The lowest BCUT2D eigenvalue weighted by atomic mass is 10.1. The Kier molecular flexibility index (Phi) is 5.79. The molecule has 1 heterocycles. The second kappa shape index (κ2) is 7.81. The highest BCUT2D eigenvalue weighted by atomic mass is 32.2. The van der Waals surface area contributed by atoms with E-state index in [1.54, 1.807) is 11.8 Å². The van der Waals surface area contributed by atoms with Gasteiger partial charge in [0.2, 0.25) is 0 Å². The quantitative estimate of drug-likeness (QED) is 0.647. The van der Waals surface area contributed by atoms with Gasteiger partial charge >= 0.3 is 0 Å². The molecule has 0 saturated carbocycles. The molecule has 5 heteroatoms. The topological polar surface area (TPSA) is 75.6 Å². The van der Waals surface area contributed by atoms with Crippen LogP contribution < -0.4 is 5.73 Å². The number of nitrogens with two attached hydrogens (primary N) is 1. The first-order valence-electron chi connectivity index (χ1n) is 7.39. The molecule has 1 aromatic heterocycles. The van der Waals surface area contributed by atoms with Crippen molar-refractivity contribution >= 4 is 17.6 Å². The van der Waals surface area contributed by atoms with Gasteiger partial charge in [-0.15, -0.1) is 0 Å². The average Bonchev–Trinajstić information content (AvgIpc) is 2.52. The Morgan fingerprint density at radius 3 is 2.59 bits per heavy atom. The van der Waals surface area contributed by atoms with E-state index in [9.17, 15) is 5.26 Å². The normalized spacial score (nSPS) is 10.4. The Bertz CT molecular complexity index is 674. The molecule has 0 unspecified atom stereocenters. The van der Waals surface area contributed by atoms with Gasteiger partial charge in [-0.2, -0.15) is 5.26 Å². The summed E-state index contributed by atoms with van der Waals surface area (Å²) in [6.07, 6.45) is 2.82. The highest BCUT2D eigenvalue weighted by Gasteiger charge is 2.12. The Morgan fingerprint density at radius 2 is 1.95 bits per heavy atom. The van der Waals surface area contributed by atoms with Crippen LogP contribution in [0.4, 0.5) is 5.82 Å². The second-order valence-electron chi connectivity index (χ2n) is 5.20. The first-order valence-corrected chi connectivity index (χ1v) is 8.37. The van der Waals surface area contributed by atoms with E-state index in [1.807, 2.05) is 0 Å². The first-order chi connectivity index (χ1) is 10.6. The summed E-state index contributed by atoms with van der Waals surface area (Å²) in [5.74, 6) is 1.08. The molecule has 4 nitrogen and oxygen atoms in total. The summed E-state index contributed by atoms with van der Waals surface area (Å²) in [4.78, 5) is 8.78. The molecule has 0 amide bonds. The van der Waals surface area contributed by atoms with Gasteiger partial charge in [-0.05, 0) is 25.3 Å². The number of rotatable bonds is 6. The van der Waals surface area contributed by atoms with E-state index in [1.165, 1.54) is 11.1 Å². The van der Waals surface area contributed by atoms with E-state index in [4.69, 9.17) is 5.73 Å². The number of unbranched alkanes of at least 4 members (excludes halogenated alkanes) is 1. The predicted molar refractivity (Wildman–Crippen MR) is 90.5 cm³/mol. The van der Waals surface area contributed by atoms with Crippen molar-refractivity contribution < 1.29 is 0 Å². The maximum absolute atomic E-state index is 9.21. The standard InChI is InChI=1S/C17H20N4S/c1-3-4-5-15-14(10-18)16(19)21-17(20-15)22-11-13-8-6-12(2)7-9-13/h6-9H,3-5,11H2,1-2H3,(H2,19,20,21). The summed E-state index contributed by atoms with van der Waals surface area (Å²) in [5, 5.41) is 9.85. The van der Waals surface area contributed by atoms with Crippen molar-refractivity contribution in [3.63, 3.8) is 0 Å². The fourth-order valence-electron chi connectivity index (χ4n) is 2.05. The Balaban J connectivity index is 2.15. The monoisotopic (exact) mass is 312 g/mol. The molecule has 2 rings (SSSR count). The zero-order valence-electron chi connectivity index (χ0n) is 13.0. The number of hydrogen-bond donors (Lipinski definition) is 1. The first kappa shape index (κ1) is 16.3. The number of nitrogens with zero attached hydrogens (tertiary/aromatic N) is 3. The van der Waals surface area contributed by atoms with Crippen molar-refractivity contribution in [2.45, 2.75) is 44.0 Å². The number of benzene rings is 1. The van der Waals surface area contributed by atoms with Crippen molar-refractivity contribution in [2.75, 3.05) is 5.73 Å². The van der Waals surface area contributed by atoms with Gasteiger partial charge in [0.05, 0.1) is 5.69 Å². The molecule has 2 aromatic rings. The molecule has 0 aliphatic rings. The van der Waals surface area contributed by atoms with Crippen LogP contribution in [-0.2, 0) is 12.2 Å². The molecule has 0 bridgehead atoms. The van der Waals surface area contributed by atoms with Crippen LogP contribution in [0.1, 0.15) is 42.1 Å². The van der Waals surface area contributed by atoms with Crippen LogP contribution in [0.25, 0.3) is 0 Å². The minimum absolute atomic E-state index is 0.287. The van der Waals surface area contributed by atoms with E-state index in [2.05, 4.69) is 54.2 Å². The molecule has 114 valence electrons. The smallest absolute Gasteiger partial charge is 0.190 e. The Hall–Kier alpha value is -2.06. The molecule has 1 aromatic carbocycles. The predicted octanol–water partition coefficient (Wildman–Crippen LogP) is 3.87. The lowest BCUT2D eigenvalue weighted by Crippen LogP contribution is -2.05. The molecule has 0 spiro atoms. The SMILES string of the molecule is CCCCc1nc(SCc2ccc(C)cc2)nc(N)c1C#N. The fraction of sp³-hybridized carbons (Fsp3) is 0.353. The van der Waals surface area contributed by atoms with Gasteiger partial charge < -0.3 is 5.73 Å². The zero-order valence-corrected chi connectivity index (χ0v) is 13.8. The summed E-state index contributed by atoms with van der Waals surface area (Å²) in [6.45, 7) is 4.19. The molecule has 0 atom stereocenters. The number of nitrogen functional groups attached to an aromatic ring is 1. The van der Waals surface area contributed by atoms with E-state index >= 15 is 0 Å². The van der Waals surface area contributed by atoms with Gasteiger partial charge in [0.15, 0.2) is 5.16 Å². The van der Waals surface area contributed by atoms with Crippen LogP contribution in [0.2, 0.25) is 0 Å². The molecule has 0 aliphatic carbocycles. The molecule has 2 N–H and O–H groups in total. The molecule has 0 fully saturated rings. The van der Waals surface area contributed by atoms with Gasteiger partial charge in [-0.3, -0.25) is 0 Å². The van der Waals surface area contributed by atoms with Gasteiger partial charge in [0.1, 0.15) is 17.5 Å². The third-order valence-corrected chi connectivity index (χ3v) is 4.28. The minimum atomic E-state index is 0.287. The van der Waals surface area contributed by atoms with Crippen LogP contribution >= 0.6 is 11.8 Å². The highest BCUT2D eigenvalue weighted by Crippen LogP contribution is 2.24. The van der Waals surface area contributed by atoms with Crippen LogP contribution in [-0.4, -0.2) is 9.97 Å². The van der Waals surface area contributed by atoms with E-state index in [-0.39, 0.29) is 5.82 Å². The molecule has 22 heavy (non-hydrogen) atoms. The average molecular weight is 312 g/mol. The largest absolute Gasteiger partial charge is 0.382 e. The van der Waals surface area contributed by atoms with Crippen molar-refractivity contribution in [3.8, 4) is 6.07 Å². The van der Waals surface area contributed by atoms with Gasteiger partial charge in [-0.1, -0.05) is 54.9 Å². The number of aryl methyl sites for hydroxylation is 2. The van der Waals surface area contributed by atoms with E-state index in [0.29, 0.717) is 10.7 Å². The Labute approximate surface area is 135 Å². The Morgan fingerprint density at radius 1 is 1.23 bits per heavy atom. The van der Waals surface area contributed by atoms with Gasteiger partial charge in [-0.25, -0.2) is 9.97 Å². The van der Waals surface area contributed by atoms with Crippen molar-refractivity contribution in [2.24, 2.45) is 0 Å². The van der Waals surface area contributed by atoms with Crippen molar-refractivity contribution in [1.29, 1.82) is 5.26 Å². The number of thioether (sulfide) groups is 1. The summed E-state index contributed by atoms with van der Waals surface area (Å²) in [5.41, 5.74) is 9.56. The summed E-state index contributed by atoms with van der Waals surface area (Å²) < 4.78 is 0. The maximum atomic E-state index is 9.21. The molecule has 0 radical (unpaired) electrons. The number of aromatic nitrogens is 2. The van der Waals surface area contributed by atoms with E-state index < -0.39 is 0 Å². The van der Waals surface area contributed by atoms with Gasteiger partial charge in [0.25, 0.3) is 0 Å². The summed E-state index contributed by atoms with van der Waals surface area (Å²) in [7, 11) is 0. The number of nitriles is 1. The number of hydrogen-bond acceptors (Lipinski definition) is 5. The van der Waals surface area contributed by atoms with Crippen molar-refractivity contribution in [3.05, 3.63) is 46.6 Å². The maximum Gasteiger partial charge on any atom is 0.190 e. The highest BCUT2D eigenvalue weighted by molar-refractivity contribution is 7.98.